The van der Waals surface area contributed by atoms with Gasteiger partial charge < -0.3 is 15.0 Å². The number of para-hydroxylation sites is 1. The highest BCUT2D eigenvalue weighted by Gasteiger charge is 2.80. The number of ether oxygens (including phenoxy) is 1. The van der Waals surface area contributed by atoms with E-state index >= 15 is 0 Å². The van der Waals surface area contributed by atoms with Crippen molar-refractivity contribution in [3.8, 4) is 0 Å². The van der Waals surface area contributed by atoms with Gasteiger partial charge in [0.2, 0.25) is 0 Å². The average molecular weight is 337 g/mol. The van der Waals surface area contributed by atoms with E-state index in [0.717, 1.165) is 19.4 Å². The third kappa shape index (κ3) is 1.34. The minimum atomic E-state index is -0.164. The van der Waals surface area contributed by atoms with Gasteiger partial charge in [0, 0.05) is 17.5 Å². The van der Waals surface area contributed by atoms with Crippen molar-refractivity contribution in [3.05, 3.63) is 42.0 Å². The van der Waals surface area contributed by atoms with Gasteiger partial charge >= 0.3 is 5.97 Å². The van der Waals surface area contributed by atoms with E-state index < -0.39 is 0 Å². The third-order valence-electron chi connectivity index (χ3n) is 8.36. The number of hydrogen-bond acceptors (Lipinski definition) is 3. The van der Waals surface area contributed by atoms with Gasteiger partial charge in [0.1, 0.15) is 6.04 Å². The van der Waals surface area contributed by atoms with Gasteiger partial charge in [-0.05, 0) is 37.0 Å². The van der Waals surface area contributed by atoms with E-state index in [1.165, 1.54) is 30.6 Å². The van der Waals surface area contributed by atoms with Crippen molar-refractivity contribution in [2.45, 2.75) is 42.7 Å². The molecule has 3 heterocycles. The highest BCUT2D eigenvalue weighted by molar-refractivity contribution is 5.80. The van der Waals surface area contributed by atoms with Crippen LogP contribution in [0.15, 0.2) is 36.4 Å². The Labute approximate surface area is 148 Å². The molecule has 4 heteroatoms. The maximum absolute atomic E-state index is 12.9. The zero-order valence-corrected chi connectivity index (χ0v) is 14.7. The quantitative estimate of drug-likeness (QED) is 0.599. The fourth-order valence-electron chi connectivity index (χ4n) is 7.78. The molecule has 6 aliphatic rings. The van der Waals surface area contributed by atoms with Gasteiger partial charge in [0.05, 0.1) is 37.1 Å². The number of benzene rings is 1. The zero-order chi connectivity index (χ0) is 16.9. The monoisotopic (exact) mass is 337 g/mol. The molecule has 130 valence electrons. The SMILES string of the molecule is COC(=O)[C@H]1C[C@@]23C=CC[NH+]4CC[C@@]5(c6ccccc6N[C@]15CC2)[C@@H]43. The van der Waals surface area contributed by atoms with Gasteiger partial charge in [-0.25, -0.2) is 0 Å². The van der Waals surface area contributed by atoms with Crippen LogP contribution in [-0.4, -0.2) is 37.7 Å². The van der Waals surface area contributed by atoms with Gasteiger partial charge in [0.15, 0.2) is 0 Å². The maximum atomic E-state index is 12.9. The first-order chi connectivity index (χ1) is 12.2. The number of methoxy groups -OCH3 is 1. The molecule has 3 saturated carbocycles. The number of quaternary nitrogens is 1. The number of fused-ring (bicyclic) bond motifs is 3. The lowest BCUT2D eigenvalue weighted by Gasteiger charge is -2.65. The highest BCUT2D eigenvalue weighted by atomic mass is 16.5. The summed E-state index contributed by atoms with van der Waals surface area (Å²) in [5.41, 5.74) is 2.78. The predicted molar refractivity (Wildman–Crippen MR) is 94.5 cm³/mol. The number of anilines is 1. The molecular weight excluding hydrogens is 312 g/mol. The van der Waals surface area contributed by atoms with E-state index in [1.807, 2.05) is 0 Å². The van der Waals surface area contributed by atoms with Crippen molar-refractivity contribution in [2.24, 2.45) is 11.3 Å². The molecular formula is C21H25N2O2+. The van der Waals surface area contributed by atoms with Crippen molar-refractivity contribution in [1.29, 1.82) is 0 Å². The maximum Gasteiger partial charge on any atom is 0.311 e. The van der Waals surface area contributed by atoms with Gasteiger partial charge in [-0.2, -0.15) is 0 Å². The van der Waals surface area contributed by atoms with E-state index in [-0.39, 0.29) is 28.3 Å². The minimum Gasteiger partial charge on any atom is -0.469 e. The number of esters is 1. The zero-order valence-electron chi connectivity index (χ0n) is 14.7. The van der Waals surface area contributed by atoms with Crippen LogP contribution < -0.4 is 10.2 Å². The first kappa shape index (κ1) is 14.4. The first-order valence-electron chi connectivity index (χ1n) is 9.65. The second kappa shape index (κ2) is 4.29. The second-order valence-electron chi connectivity index (χ2n) is 8.82. The molecule has 4 nitrogen and oxygen atoms in total. The number of rotatable bonds is 1. The van der Waals surface area contributed by atoms with Gasteiger partial charge in [-0.15, -0.1) is 0 Å². The Hall–Kier alpha value is -1.81. The number of carbonyl (C=O) groups excluding carboxylic acids is 1. The van der Waals surface area contributed by atoms with Crippen molar-refractivity contribution >= 4 is 11.7 Å². The summed E-state index contributed by atoms with van der Waals surface area (Å²) in [6.07, 6.45) is 9.23. The van der Waals surface area contributed by atoms with Crippen molar-refractivity contribution in [3.63, 3.8) is 0 Å². The summed E-state index contributed by atoms with van der Waals surface area (Å²) in [4.78, 5) is 14.6. The molecule has 0 amide bonds. The number of nitrogens with one attached hydrogen (secondary N) is 2. The molecule has 25 heavy (non-hydrogen) atoms. The standard InChI is InChI=1S/C21H24N2O2/c1-25-17(24)15-13-19-7-4-11-23-12-10-20(18(19)23)14-5-2-3-6-16(14)22-21(15,20)9-8-19/h2-7,15,18,22H,8-13H2,1H3/p+1/t15-,18+,19-,20-,21-/m1/s1. The van der Waals surface area contributed by atoms with E-state index in [1.54, 1.807) is 12.0 Å². The molecule has 3 aliphatic carbocycles. The Morgan fingerprint density at radius 2 is 2.16 bits per heavy atom. The molecule has 1 aromatic rings. The van der Waals surface area contributed by atoms with Crippen molar-refractivity contribution in [1.82, 2.24) is 0 Å². The fraction of sp³-hybridized carbons (Fsp3) is 0.571. The largest absolute Gasteiger partial charge is 0.469 e. The summed E-state index contributed by atoms with van der Waals surface area (Å²) in [6.45, 7) is 2.34. The van der Waals surface area contributed by atoms with Crippen LogP contribution in [0, 0.1) is 11.3 Å². The van der Waals surface area contributed by atoms with E-state index in [0.29, 0.717) is 6.04 Å². The average Bonchev–Trinajstić information content (AvgIpc) is 3.19. The second-order valence-corrected chi connectivity index (χ2v) is 8.82. The molecule has 0 radical (unpaired) electrons. The smallest absolute Gasteiger partial charge is 0.311 e. The highest BCUT2D eigenvalue weighted by Crippen LogP contribution is 2.70. The molecule has 0 aromatic heterocycles. The topological polar surface area (TPSA) is 42.8 Å². The lowest BCUT2D eigenvalue weighted by Crippen LogP contribution is -3.18. The van der Waals surface area contributed by atoms with E-state index in [2.05, 4.69) is 41.7 Å². The molecule has 1 unspecified atom stereocenters. The Balaban J connectivity index is 1.67. The van der Waals surface area contributed by atoms with Crippen LogP contribution >= 0.6 is 0 Å². The molecule has 6 atom stereocenters. The fourth-order valence-corrected chi connectivity index (χ4v) is 7.78. The molecule has 4 fully saturated rings. The minimum absolute atomic E-state index is 0.0235. The Bertz CT molecular complexity index is 820. The van der Waals surface area contributed by atoms with Crippen LogP contribution in [-0.2, 0) is 14.9 Å². The predicted octanol–water partition coefficient (Wildman–Crippen LogP) is 1.29. The molecule has 3 aliphatic heterocycles. The summed E-state index contributed by atoms with van der Waals surface area (Å²) < 4.78 is 5.31. The third-order valence-corrected chi connectivity index (χ3v) is 8.36. The van der Waals surface area contributed by atoms with Crippen LogP contribution in [0.4, 0.5) is 5.69 Å². The Morgan fingerprint density at radius 3 is 3.04 bits per heavy atom. The van der Waals surface area contributed by atoms with E-state index in [9.17, 15) is 4.79 Å². The molecule has 2 N–H and O–H groups in total. The summed E-state index contributed by atoms with van der Waals surface area (Å²) in [5, 5.41) is 3.91. The molecule has 7 rings (SSSR count). The lowest BCUT2D eigenvalue weighted by atomic mass is 9.40. The summed E-state index contributed by atoms with van der Waals surface area (Å²) in [5.74, 6) is -0.0818. The van der Waals surface area contributed by atoms with Gasteiger partial charge in [0.25, 0.3) is 0 Å². The molecule has 1 saturated heterocycles. The van der Waals surface area contributed by atoms with E-state index in [4.69, 9.17) is 4.74 Å². The van der Waals surface area contributed by atoms with Gasteiger partial charge in [-0.3, -0.25) is 4.79 Å². The van der Waals surface area contributed by atoms with Crippen LogP contribution in [0.2, 0.25) is 0 Å². The molecule has 3 spiro atoms. The summed E-state index contributed by atoms with van der Waals surface area (Å²) >= 11 is 0. The summed E-state index contributed by atoms with van der Waals surface area (Å²) in [6, 6.07) is 9.42. The normalized spacial score (nSPS) is 47.6. The first-order valence-corrected chi connectivity index (χ1v) is 9.65. The lowest BCUT2D eigenvalue weighted by molar-refractivity contribution is -0.920. The van der Waals surface area contributed by atoms with Crippen LogP contribution in [0.25, 0.3) is 0 Å². The Kier molecular flexibility index (Phi) is 2.47. The number of carbonyl (C=O) groups is 1. The van der Waals surface area contributed by atoms with Gasteiger partial charge in [-0.1, -0.05) is 24.3 Å². The van der Waals surface area contributed by atoms with Crippen LogP contribution in [0.1, 0.15) is 31.2 Å². The van der Waals surface area contributed by atoms with Crippen molar-refractivity contribution in [2.75, 3.05) is 25.5 Å². The Morgan fingerprint density at radius 1 is 1.28 bits per heavy atom. The molecule has 1 aromatic carbocycles. The van der Waals surface area contributed by atoms with Crippen molar-refractivity contribution < 1.29 is 14.4 Å². The number of hydrogen-bond donors (Lipinski definition) is 2. The van der Waals surface area contributed by atoms with Crippen LogP contribution in [0.5, 0.6) is 0 Å². The van der Waals surface area contributed by atoms with Crippen LogP contribution in [0.3, 0.4) is 0 Å². The summed E-state index contributed by atoms with van der Waals surface area (Å²) in [7, 11) is 1.55. The molecule has 2 bridgehead atoms.